The highest BCUT2D eigenvalue weighted by Crippen LogP contribution is 2.30. The van der Waals surface area contributed by atoms with Gasteiger partial charge in [0.15, 0.2) is 0 Å². The second-order valence-electron chi connectivity index (χ2n) is 3.34. The van der Waals surface area contributed by atoms with Gasteiger partial charge in [0.25, 0.3) is 0 Å². The van der Waals surface area contributed by atoms with E-state index in [1.807, 2.05) is 6.07 Å². The topological polar surface area (TPSA) is 33.1 Å². The van der Waals surface area contributed by atoms with Gasteiger partial charge in [-0.15, -0.1) is 22.7 Å². The van der Waals surface area contributed by atoms with Gasteiger partial charge in [-0.3, -0.25) is 0 Å². The van der Waals surface area contributed by atoms with Gasteiger partial charge in [-0.2, -0.15) is 0 Å². The summed E-state index contributed by atoms with van der Waals surface area (Å²) < 4.78 is 0. The lowest BCUT2D eigenvalue weighted by Gasteiger charge is -2.06. The number of hydrogen-bond acceptors (Lipinski definition) is 4. The first-order valence-corrected chi connectivity index (χ1v) is 6.71. The minimum atomic E-state index is 0.188. The number of rotatable bonds is 4. The monoisotopic (exact) mass is 239 g/mol. The Hall–Kier alpha value is -0.710. The summed E-state index contributed by atoms with van der Waals surface area (Å²) in [6, 6.07) is 4.10. The van der Waals surface area contributed by atoms with Gasteiger partial charge in [0, 0.05) is 11.3 Å². The molecule has 0 bridgehead atoms. The molecule has 2 rings (SSSR count). The summed E-state index contributed by atoms with van der Waals surface area (Å²) in [5.41, 5.74) is 1.04. The summed E-state index contributed by atoms with van der Waals surface area (Å²) >= 11 is 3.34. The third-order valence-corrected chi connectivity index (χ3v) is 4.26. The highest BCUT2D eigenvalue weighted by molar-refractivity contribution is 7.14. The number of aromatic nitrogens is 1. The molecule has 1 atom stereocenters. The van der Waals surface area contributed by atoms with Gasteiger partial charge in [-0.1, -0.05) is 13.0 Å². The maximum Gasteiger partial charge on any atom is 0.0986 e. The normalized spacial score (nSPS) is 12.9. The average molecular weight is 239 g/mol. The molecule has 0 aliphatic heterocycles. The number of aliphatic hydroxyl groups excluding tert-OH is 1. The van der Waals surface area contributed by atoms with Crippen molar-refractivity contribution < 1.29 is 5.11 Å². The highest BCUT2D eigenvalue weighted by atomic mass is 32.1. The van der Waals surface area contributed by atoms with E-state index in [-0.39, 0.29) is 12.5 Å². The first-order chi connectivity index (χ1) is 7.35. The van der Waals surface area contributed by atoms with E-state index in [0.717, 1.165) is 17.1 Å². The Morgan fingerprint density at radius 3 is 2.93 bits per heavy atom. The summed E-state index contributed by atoms with van der Waals surface area (Å²) in [5, 5.41) is 14.4. The van der Waals surface area contributed by atoms with Crippen LogP contribution in [-0.4, -0.2) is 16.7 Å². The molecule has 2 heterocycles. The van der Waals surface area contributed by atoms with Crippen LogP contribution in [0.2, 0.25) is 0 Å². The Labute approximate surface area is 97.2 Å². The van der Waals surface area contributed by atoms with Crippen molar-refractivity contribution in [3.05, 3.63) is 27.9 Å². The van der Waals surface area contributed by atoms with Crippen LogP contribution in [0.5, 0.6) is 0 Å². The molecule has 15 heavy (non-hydrogen) atoms. The molecule has 0 saturated carbocycles. The van der Waals surface area contributed by atoms with Gasteiger partial charge in [0.05, 0.1) is 22.2 Å². The van der Waals surface area contributed by atoms with E-state index in [2.05, 4.69) is 28.7 Å². The molecule has 2 aromatic heterocycles. The molecule has 0 amide bonds. The Morgan fingerprint density at radius 2 is 2.33 bits per heavy atom. The van der Waals surface area contributed by atoms with Crippen molar-refractivity contribution in [3.63, 3.8) is 0 Å². The van der Waals surface area contributed by atoms with Crippen LogP contribution in [0.15, 0.2) is 22.9 Å². The van der Waals surface area contributed by atoms with E-state index in [1.54, 1.807) is 22.7 Å². The number of nitrogens with zero attached hydrogens (tertiary/aromatic N) is 1. The van der Waals surface area contributed by atoms with E-state index < -0.39 is 0 Å². The molecule has 0 aliphatic rings. The van der Waals surface area contributed by atoms with E-state index >= 15 is 0 Å². The van der Waals surface area contributed by atoms with Crippen molar-refractivity contribution in [3.8, 4) is 10.6 Å². The van der Waals surface area contributed by atoms with E-state index in [9.17, 15) is 5.11 Å². The van der Waals surface area contributed by atoms with Gasteiger partial charge in [-0.25, -0.2) is 4.98 Å². The highest BCUT2D eigenvalue weighted by Gasteiger charge is 2.13. The van der Waals surface area contributed by atoms with Crippen molar-refractivity contribution in [1.29, 1.82) is 0 Å². The molecule has 0 aliphatic carbocycles. The molecular weight excluding hydrogens is 226 g/mol. The van der Waals surface area contributed by atoms with Crippen molar-refractivity contribution in [2.24, 2.45) is 0 Å². The van der Waals surface area contributed by atoms with Crippen LogP contribution >= 0.6 is 22.7 Å². The summed E-state index contributed by atoms with van der Waals surface area (Å²) in [6.45, 7) is 2.26. The zero-order chi connectivity index (χ0) is 10.7. The fourth-order valence-electron chi connectivity index (χ4n) is 1.39. The van der Waals surface area contributed by atoms with Crippen LogP contribution < -0.4 is 0 Å². The van der Waals surface area contributed by atoms with Gasteiger partial charge in [0.1, 0.15) is 0 Å². The smallest absolute Gasteiger partial charge is 0.0986 e. The van der Waals surface area contributed by atoms with E-state index in [0.29, 0.717) is 0 Å². The van der Waals surface area contributed by atoms with Crippen LogP contribution in [0.25, 0.3) is 10.6 Å². The maximum atomic E-state index is 9.19. The van der Waals surface area contributed by atoms with Crippen LogP contribution in [0.3, 0.4) is 0 Å². The summed E-state index contributed by atoms with van der Waals surface area (Å²) in [4.78, 5) is 5.76. The molecule has 0 saturated heterocycles. The Kier molecular flexibility index (Phi) is 3.51. The first-order valence-electron chi connectivity index (χ1n) is 4.95. The molecule has 0 aromatic carbocycles. The predicted octanol–water partition coefficient (Wildman–Crippen LogP) is 3.36. The summed E-state index contributed by atoms with van der Waals surface area (Å²) in [5.74, 6) is 0.198. The largest absolute Gasteiger partial charge is 0.396 e. The summed E-state index contributed by atoms with van der Waals surface area (Å²) in [6.07, 6.45) is 0.938. The lowest BCUT2D eigenvalue weighted by atomic mass is 10.1. The Bertz CT molecular complexity index is 404. The van der Waals surface area contributed by atoms with Gasteiger partial charge in [0.2, 0.25) is 0 Å². The standard InChI is InChI=1S/C11H13NOS2/c1-2-8(6-13)11-12-9(7-15-11)10-4-3-5-14-10/h3-5,7-8,13H,2,6H2,1H3. The quantitative estimate of drug-likeness (QED) is 0.887. The maximum absolute atomic E-state index is 9.19. The van der Waals surface area contributed by atoms with Gasteiger partial charge >= 0.3 is 0 Å². The minimum Gasteiger partial charge on any atom is -0.396 e. The molecule has 80 valence electrons. The number of aliphatic hydroxyl groups is 1. The SMILES string of the molecule is CCC(CO)c1nc(-c2cccs2)cs1. The van der Waals surface area contributed by atoms with E-state index in [1.165, 1.54) is 4.88 Å². The zero-order valence-electron chi connectivity index (χ0n) is 8.51. The first kappa shape index (κ1) is 10.8. The average Bonchev–Trinajstić information content (AvgIpc) is 2.89. The molecule has 2 aromatic rings. The molecule has 1 N–H and O–H groups in total. The number of hydrogen-bond donors (Lipinski definition) is 1. The predicted molar refractivity (Wildman–Crippen MR) is 65.5 cm³/mol. The van der Waals surface area contributed by atoms with Gasteiger partial charge < -0.3 is 5.11 Å². The van der Waals surface area contributed by atoms with Crippen LogP contribution in [-0.2, 0) is 0 Å². The number of thiazole rings is 1. The molecule has 2 nitrogen and oxygen atoms in total. The van der Waals surface area contributed by atoms with Crippen molar-refractivity contribution in [2.45, 2.75) is 19.3 Å². The van der Waals surface area contributed by atoms with Crippen molar-refractivity contribution >= 4 is 22.7 Å². The minimum absolute atomic E-state index is 0.188. The lowest BCUT2D eigenvalue weighted by Crippen LogP contribution is -2.01. The summed E-state index contributed by atoms with van der Waals surface area (Å²) in [7, 11) is 0. The molecule has 1 unspecified atom stereocenters. The fourth-order valence-corrected chi connectivity index (χ4v) is 3.15. The fraction of sp³-hybridized carbons (Fsp3) is 0.364. The zero-order valence-corrected chi connectivity index (χ0v) is 10.1. The van der Waals surface area contributed by atoms with Gasteiger partial charge in [-0.05, 0) is 17.9 Å². The number of thiophene rings is 1. The van der Waals surface area contributed by atoms with Crippen LogP contribution in [0.1, 0.15) is 24.3 Å². The Morgan fingerprint density at radius 1 is 1.47 bits per heavy atom. The third-order valence-electron chi connectivity index (χ3n) is 2.36. The molecule has 0 spiro atoms. The molecule has 4 heteroatoms. The van der Waals surface area contributed by atoms with Crippen LogP contribution in [0.4, 0.5) is 0 Å². The molecular formula is C11H13NOS2. The van der Waals surface area contributed by atoms with Crippen LogP contribution in [0, 0.1) is 0 Å². The van der Waals surface area contributed by atoms with E-state index in [4.69, 9.17) is 0 Å². The molecule has 0 fully saturated rings. The van der Waals surface area contributed by atoms with Crippen molar-refractivity contribution in [2.75, 3.05) is 6.61 Å². The third kappa shape index (κ3) is 2.27. The second-order valence-corrected chi connectivity index (χ2v) is 5.17. The van der Waals surface area contributed by atoms with Crippen molar-refractivity contribution in [1.82, 2.24) is 4.98 Å². The second kappa shape index (κ2) is 4.88. The lowest BCUT2D eigenvalue weighted by molar-refractivity contribution is 0.262. The molecule has 0 radical (unpaired) electrons. The Balaban J connectivity index is 2.24.